The molecule has 0 heterocycles. The van der Waals surface area contributed by atoms with E-state index in [0.717, 1.165) is 12.1 Å². The average molecular weight is 284 g/mol. The fourth-order valence-corrected chi connectivity index (χ4v) is 2.90. The van der Waals surface area contributed by atoms with Gasteiger partial charge in [-0.15, -0.1) is 0 Å². The fourth-order valence-electron chi connectivity index (χ4n) is 2.90. The van der Waals surface area contributed by atoms with Crippen molar-refractivity contribution < 1.29 is 0 Å². The van der Waals surface area contributed by atoms with E-state index in [4.69, 9.17) is 0 Å². The van der Waals surface area contributed by atoms with Gasteiger partial charge in [0.05, 0.1) is 0 Å². The van der Waals surface area contributed by atoms with E-state index in [2.05, 4.69) is 48.6 Å². The van der Waals surface area contributed by atoms with E-state index >= 15 is 0 Å². The van der Waals surface area contributed by atoms with Crippen molar-refractivity contribution in [3.05, 3.63) is 0 Å². The Bertz CT molecular complexity index is 199. The maximum atomic E-state index is 3.72. The Morgan fingerprint density at radius 1 is 0.700 bits per heavy atom. The Labute approximate surface area is 126 Å². The third-order valence-corrected chi connectivity index (χ3v) is 4.16. The lowest BCUT2D eigenvalue weighted by Gasteiger charge is -2.30. The zero-order valence-corrected chi connectivity index (χ0v) is 14.1. The van der Waals surface area contributed by atoms with Crippen LogP contribution in [-0.2, 0) is 0 Å². The average Bonchev–Trinajstić information content (AvgIpc) is 2.41. The van der Waals surface area contributed by atoms with Crippen LogP contribution < -0.4 is 10.6 Å². The summed E-state index contributed by atoms with van der Waals surface area (Å²) in [6.07, 6.45) is 7.88. The van der Waals surface area contributed by atoms with Gasteiger partial charge in [0.25, 0.3) is 0 Å². The van der Waals surface area contributed by atoms with Crippen LogP contribution in [0.15, 0.2) is 0 Å². The quantitative estimate of drug-likeness (QED) is 0.593. The van der Waals surface area contributed by atoms with E-state index in [1.165, 1.54) is 64.7 Å². The summed E-state index contributed by atoms with van der Waals surface area (Å²) in [7, 11) is 8.58. The zero-order chi connectivity index (χ0) is 14.8. The van der Waals surface area contributed by atoms with Crippen molar-refractivity contribution in [1.82, 2.24) is 20.4 Å². The van der Waals surface area contributed by atoms with Gasteiger partial charge in [-0.2, -0.15) is 0 Å². The molecule has 20 heavy (non-hydrogen) atoms. The summed E-state index contributed by atoms with van der Waals surface area (Å²) < 4.78 is 0. The van der Waals surface area contributed by atoms with Crippen LogP contribution in [0.4, 0.5) is 0 Å². The van der Waals surface area contributed by atoms with E-state index in [9.17, 15) is 0 Å². The lowest BCUT2D eigenvalue weighted by Crippen LogP contribution is -2.41. The molecule has 2 N–H and O–H groups in total. The molecular formula is C16H36N4. The normalized spacial score (nSPS) is 23.7. The van der Waals surface area contributed by atoms with Gasteiger partial charge in [-0.05, 0) is 92.9 Å². The van der Waals surface area contributed by atoms with Gasteiger partial charge < -0.3 is 20.4 Å². The molecule has 0 radical (unpaired) electrons. The molecule has 0 spiro atoms. The Morgan fingerprint density at radius 3 is 1.35 bits per heavy atom. The SMILES string of the molecule is CN(C)CCCNC1CCC(NCCCN(C)C)CC1. The summed E-state index contributed by atoms with van der Waals surface area (Å²) >= 11 is 0. The minimum atomic E-state index is 0.761. The summed E-state index contributed by atoms with van der Waals surface area (Å²) in [4.78, 5) is 4.52. The molecule has 0 aromatic carbocycles. The molecule has 0 aromatic rings. The van der Waals surface area contributed by atoms with Crippen LogP contribution in [0.2, 0.25) is 0 Å². The first kappa shape index (κ1) is 17.9. The number of hydrogen-bond donors (Lipinski definition) is 2. The first-order valence-corrected chi connectivity index (χ1v) is 8.34. The van der Waals surface area contributed by atoms with E-state index in [1.807, 2.05) is 0 Å². The minimum absolute atomic E-state index is 0.761. The minimum Gasteiger partial charge on any atom is -0.314 e. The van der Waals surface area contributed by atoms with Crippen molar-refractivity contribution in [1.29, 1.82) is 0 Å². The summed E-state index contributed by atoms with van der Waals surface area (Å²) in [5, 5.41) is 7.44. The van der Waals surface area contributed by atoms with Crippen molar-refractivity contribution in [2.24, 2.45) is 0 Å². The van der Waals surface area contributed by atoms with Gasteiger partial charge in [-0.1, -0.05) is 0 Å². The fraction of sp³-hybridized carbons (Fsp3) is 1.00. The highest BCUT2D eigenvalue weighted by atomic mass is 15.1. The van der Waals surface area contributed by atoms with Gasteiger partial charge in [-0.25, -0.2) is 0 Å². The number of hydrogen-bond acceptors (Lipinski definition) is 4. The van der Waals surface area contributed by atoms with Gasteiger partial charge in [-0.3, -0.25) is 0 Å². The first-order chi connectivity index (χ1) is 9.58. The molecule has 1 aliphatic rings. The molecule has 4 nitrogen and oxygen atoms in total. The molecule has 0 aromatic heterocycles. The van der Waals surface area contributed by atoms with E-state index < -0.39 is 0 Å². The predicted octanol–water partition coefficient (Wildman–Crippen LogP) is 1.38. The van der Waals surface area contributed by atoms with Crippen molar-refractivity contribution in [2.75, 3.05) is 54.4 Å². The Kier molecular flexibility index (Phi) is 9.44. The second-order valence-corrected chi connectivity index (χ2v) is 6.77. The molecule has 0 amide bonds. The first-order valence-electron chi connectivity index (χ1n) is 8.34. The third-order valence-electron chi connectivity index (χ3n) is 4.16. The molecule has 1 aliphatic carbocycles. The van der Waals surface area contributed by atoms with Crippen LogP contribution in [0.1, 0.15) is 38.5 Å². The molecule has 120 valence electrons. The molecule has 0 bridgehead atoms. The van der Waals surface area contributed by atoms with Gasteiger partial charge in [0.1, 0.15) is 0 Å². The van der Waals surface area contributed by atoms with Gasteiger partial charge >= 0.3 is 0 Å². The van der Waals surface area contributed by atoms with Crippen LogP contribution in [0, 0.1) is 0 Å². The molecule has 0 saturated heterocycles. The molecular weight excluding hydrogens is 248 g/mol. The van der Waals surface area contributed by atoms with Crippen LogP contribution in [0.25, 0.3) is 0 Å². The Balaban J connectivity index is 1.97. The van der Waals surface area contributed by atoms with Crippen LogP contribution >= 0.6 is 0 Å². The van der Waals surface area contributed by atoms with E-state index in [1.54, 1.807) is 0 Å². The standard InChI is InChI=1S/C16H36N4/c1-19(2)13-5-11-17-15-7-9-16(10-8-15)18-12-6-14-20(3)4/h15-18H,5-14H2,1-4H3. The lowest BCUT2D eigenvalue weighted by molar-refractivity contribution is 0.297. The molecule has 4 heteroatoms. The Hall–Kier alpha value is -0.160. The van der Waals surface area contributed by atoms with Crippen molar-refractivity contribution in [3.8, 4) is 0 Å². The van der Waals surface area contributed by atoms with Crippen LogP contribution in [-0.4, -0.2) is 76.3 Å². The largest absolute Gasteiger partial charge is 0.314 e. The number of nitrogens with one attached hydrogen (secondary N) is 2. The molecule has 1 rings (SSSR count). The van der Waals surface area contributed by atoms with E-state index in [0.29, 0.717) is 0 Å². The lowest BCUT2D eigenvalue weighted by atomic mass is 9.91. The van der Waals surface area contributed by atoms with Gasteiger partial charge in [0, 0.05) is 12.1 Å². The van der Waals surface area contributed by atoms with Gasteiger partial charge in [0.15, 0.2) is 0 Å². The third kappa shape index (κ3) is 8.90. The summed E-state index contributed by atoms with van der Waals surface area (Å²) in [6, 6.07) is 1.52. The second-order valence-electron chi connectivity index (χ2n) is 6.77. The summed E-state index contributed by atoms with van der Waals surface area (Å²) in [6.45, 7) is 4.72. The molecule has 1 fully saturated rings. The summed E-state index contributed by atoms with van der Waals surface area (Å²) in [5.74, 6) is 0. The maximum Gasteiger partial charge on any atom is 0.00682 e. The van der Waals surface area contributed by atoms with Crippen molar-refractivity contribution in [2.45, 2.75) is 50.6 Å². The van der Waals surface area contributed by atoms with Crippen LogP contribution in [0.3, 0.4) is 0 Å². The highest BCUT2D eigenvalue weighted by Crippen LogP contribution is 2.18. The van der Waals surface area contributed by atoms with E-state index in [-0.39, 0.29) is 0 Å². The van der Waals surface area contributed by atoms with Crippen LogP contribution in [0.5, 0.6) is 0 Å². The molecule has 0 aliphatic heterocycles. The molecule has 1 saturated carbocycles. The highest BCUT2D eigenvalue weighted by molar-refractivity contribution is 4.80. The summed E-state index contributed by atoms with van der Waals surface area (Å²) in [5.41, 5.74) is 0. The number of rotatable bonds is 10. The second kappa shape index (κ2) is 10.6. The molecule has 0 atom stereocenters. The zero-order valence-electron chi connectivity index (χ0n) is 14.1. The van der Waals surface area contributed by atoms with Crippen molar-refractivity contribution in [3.63, 3.8) is 0 Å². The van der Waals surface area contributed by atoms with Gasteiger partial charge in [0.2, 0.25) is 0 Å². The Morgan fingerprint density at radius 2 is 1.05 bits per heavy atom. The topological polar surface area (TPSA) is 30.5 Å². The number of nitrogens with zero attached hydrogens (tertiary/aromatic N) is 2. The monoisotopic (exact) mass is 284 g/mol. The smallest absolute Gasteiger partial charge is 0.00682 e. The predicted molar refractivity (Wildman–Crippen MR) is 88.4 cm³/mol. The molecule has 0 unspecified atom stereocenters. The van der Waals surface area contributed by atoms with Crippen molar-refractivity contribution >= 4 is 0 Å². The maximum absolute atomic E-state index is 3.72. The highest BCUT2D eigenvalue weighted by Gasteiger charge is 2.19.